The van der Waals surface area contributed by atoms with Gasteiger partial charge >= 0.3 is 0 Å². The second kappa shape index (κ2) is 10.5. The average Bonchev–Trinajstić information content (AvgIpc) is 3.96. The molecule has 5 heterocycles. The van der Waals surface area contributed by atoms with Crippen LogP contribution >= 0.6 is 0 Å². The molecule has 58 heavy (non-hydrogen) atoms. The van der Waals surface area contributed by atoms with Crippen LogP contribution in [0.15, 0.2) is 162 Å². The molecule has 0 fully saturated rings. The summed E-state index contributed by atoms with van der Waals surface area (Å²) in [7, 11) is 0. The number of para-hydroxylation sites is 2. The summed E-state index contributed by atoms with van der Waals surface area (Å²) in [5.41, 5.74) is 18.1. The number of hydrogen-bond acceptors (Lipinski definition) is 3. The minimum atomic E-state index is -0.0506. The maximum Gasteiger partial charge on any atom is 0.235 e. The molecule has 1 aliphatic rings. The van der Waals surface area contributed by atoms with Gasteiger partial charge < -0.3 is 8.82 Å². The summed E-state index contributed by atoms with van der Waals surface area (Å²) < 4.78 is 11.3. The summed E-state index contributed by atoms with van der Waals surface area (Å²) in [6.45, 7) is 4.68. The highest BCUT2D eigenvalue weighted by Gasteiger charge is 2.36. The number of fused-ring (bicyclic) bond motifs is 8. The zero-order chi connectivity index (χ0) is 38.0. The first-order valence-electron chi connectivity index (χ1n) is 20.0. The van der Waals surface area contributed by atoms with Gasteiger partial charge in [-0.1, -0.05) is 123 Å². The largest absolute Gasteiger partial charge is 0.456 e. The van der Waals surface area contributed by atoms with Crippen molar-refractivity contribution < 1.29 is 4.42 Å². The molecule has 5 nitrogen and oxygen atoms in total. The molecule has 0 radical (unpaired) electrons. The predicted molar refractivity (Wildman–Crippen MR) is 238 cm³/mol. The highest BCUT2D eigenvalue weighted by Crippen LogP contribution is 2.52. The van der Waals surface area contributed by atoms with Crippen LogP contribution in [-0.4, -0.2) is 18.9 Å². The Morgan fingerprint density at radius 2 is 1.14 bits per heavy atom. The molecular formula is C53H32N4O. The lowest BCUT2D eigenvalue weighted by molar-refractivity contribution is 0.660. The molecule has 0 N–H and O–H groups in total. The van der Waals surface area contributed by atoms with Gasteiger partial charge in [0.2, 0.25) is 5.95 Å². The fourth-order valence-corrected chi connectivity index (χ4v) is 10.8. The topological polar surface area (TPSA) is 48.3 Å². The van der Waals surface area contributed by atoms with Gasteiger partial charge in [0.25, 0.3) is 0 Å². The molecule has 14 rings (SSSR count). The third-order valence-electron chi connectivity index (χ3n) is 13.3. The third-order valence-corrected chi connectivity index (χ3v) is 13.3. The van der Waals surface area contributed by atoms with Crippen molar-refractivity contribution in [3.63, 3.8) is 0 Å². The van der Waals surface area contributed by atoms with Crippen LogP contribution in [0, 0.1) is 0 Å². The van der Waals surface area contributed by atoms with Gasteiger partial charge in [0.05, 0.1) is 44.2 Å². The van der Waals surface area contributed by atoms with Crippen LogP contribution in [0.5, 0.6) is 0 Å². The van der Waals surface area contributed by atoms with Gasteiger partial charge in [0.1, 0.15) is 11.2 Å². The Morgan fingerprint density at radius 1 is 0.466 bits per heavy atom. The minimum Gasteiger partial charge on any atom is -0.456 e. The van der Waals surface area contributed by atoms with Gasteiger partial charge in [-0.05, 0) is 81.9 Å². The zero-order valence-electron chi connectivity index (χ0n) is 31.7. The van der Waals surface area contributed by atoms with Crippen LogP contribution in [0.1, 0.15) is 25.0 Å². The number of benzene rings is 8. The van der Waals surface area contributed by atoms with Crippen molar-refractivity contribution in [2.75, 3.05) is 0 Å². The van der Waals surface area contributed by atoms with Crippen LogP contribution in [0.4, 0.5) is 0 Å². The third kappa shape index (κ3) is 3.64. The van der Waals surface area contributed by atoms with Gasteiger partial charge in [0.15, 0.2) is 0 Å². The van der Waals surface area contributed by atoms with Crippen LogP contribution in [0.3, 0.4) is 0 Å². The first kappa shape index (κ1) is 30.7. The maximum atomic E-state index is 6.63. The van der Waals surface area contributed by atoms with E-state index in [0.29, 0.717) is 5.95 Å². The molecule has 0 bridgehead atoms. The maximum absolute atomic E-state index is 6.63. The monoisotopic (exact) mass is 740 g/mol. The Bertz CT molecular complexity index is 3880. The number of hydrogen-bond donors (Lipinski definition) is 0. The van der Waals surface area contributed by atoms with E-state index in [2.05, 4.69) is 181 Å². The van der Waals surface area contributed by atoms with E-state index in [1.54, 1.807) is 0 Å². The lowest BCUT2D eigenvalue weighted by Crippen LogP contribution is -2.14. The van der Waals surface area contributed by atoms with E-state index < -0.39 is 0 Å². The average molecular weight is 741 g/mol. The standard InChI is InChI=1S/C53H32N4O/c1-53(2)36-15-6-3-12-34(36)45-31(14-9-16-37(45)53)29-21-23-30(24-22-29)50-35-13-4-7-17-38(35)54-52(55-50)57-41-20-10-19-40-46(41)47-42(57)26-28-43-48(47)49-44(58-43)27-25-33-32-11-5-8-18-39(32)56(40)51(33)49/h3-28H,1-2H3. The summed E-state index contributed by atoms with van der Waals surface area (Å²) in [4.78, 5) is 10.8. The Labute approximate surface area is 331 Å². The van der Waals surface area contributed by atoms with Crippen molar-refractivity contribution in [1.29, 1.82) is 0 Å². The molecule has 1 aliphatic carbocycles. The number of aromatic nitrogens is 4. The molecular weight excluding hydrogens is 709 g/mol. The Hall–Kier alpha value is -7.50. The fourth-order valence-electron chi connectivity index (χ4n) is 10.8. The Kier molecular flexibility index (Phi) is 5.53. The van der Waals surface area contributed by atoms with Gasteiger partial charge in [-0.3, -0.25) is 4.57 Å². The molecule has 13 aromatic rings. The highest BCUT2D eigenvalue weighted by atomic mass is 16.3. The predicted octanol–water partition coefficient (Wildman–Crippen LogP) is 13.7. The van der Waals surface area contributed by atoms with E-state index in [4.69, 9.17) is 14.4 Å². The smallest absolute Gasteiger partial charge is 0.235 e. The lowest BCUT2D eigenvalue weighted by Gasteiger charge is -2.21. The van der Waals surface area contributed by atoms with E-state index in [-0.39, 0.29) is 5.41 Å². The molecule has 0 aliphatic heterocycles. The molecule has 8 aromatic carbocycles. The molecule has 0 atom stereocenters. The van der Waals surface area contributed by atoms with Crippen molar-refractivity contribution in [2.45, 2.75) is 19.3 Å². The summed E-state index contributed by atoms with van der Waals surface area (Å²) in [6.07, 6.45) is 0. The molecule has 0 unspecified atom stereocenters. The van der Waals surface area contributed by atoms with E-state index in [9.17, 15) is 0 Å². The molecule has 0 spiro atoms. The Balaban J connectivity index is 1.02. The van der Waals surface area contributed by atoms with Gasteiger partial charge in [-0.25, -0.2) is 9.97 Å². The highest BCUT2D eigenvalue weighted by molar-refractivity contribution is 6.37. The molecule has 0 saturated carbocycles. The number of nitrogens with zero attached hydrogens (tertiary/aromatic N) is 4. The van der Waals surface area contributed by atoms with Crippen molar-refractivity contribution in [3.8, 4) is 39.5 Å². The zero-order valence-corrected chi connectivity index (χ0v) is 31.7. The van der Waals surface area contributed by atoms with Gasteiger partial charge in [-0.2, -0.15) is 0 Å². The van der Waals surface area contributed by atoms with Crippen LogP contribution < -0.4 is 0 Å². The van der Waals surface area contributed by atoms with Crippen molar-refractivity contribution >= 4 is 82.0 Å². The summed E-state index contributed by atoms with van der Waals surface area (Å²) in [5, 5.41) is 8.13. The van der Waals surface area contributed by atoms with Gasteiger partial charge in [-0.15, -0.1) is 0 Å². The SMILES string of the molecule is CC1(C)c2ccccc2-c2c(-c3ccc(-c4nc(-n5c6ccc7oc8ccc9c%10ccccc%10n%10c%11cccc5c%11c6c7c8c9%10)nc5ccccc45)cc3)cccc21. The second-order valence-corrected chi connectivity index (χ2v) is 16.5. The summed E-state index contributed by atoms with van der Waals surface area (Å²) in [6, 6.07) is 57.0. The van der Waals surface area contributed by atoms with E-state index >= 15 is 0 Å². The normalized spacial score (nSPS) is 13.8. The molecule has 0 saturated heterocycles. The molecule has 270 valence electrons. The van der Waals surface area contributed by atoms with Crippen LogP contribution in [-0.2, 0) is 5.41 Å². The second-order valence-electron chi connectivity index (χ2n) is 16.5. The van der Waals surface area contributed by atoms with Crippen molar-refractivity contribution in [3.05, 3.63) is 169 Å². The number of rotatable bonds is 3. The first-order chi connectivity index (χ1) is 28.5. The first-order valence-corrected chi connectivity index (χ1v) is 20.0. The minimum absolute atomic E-state index is 0.0506. The van der Waals surface area contributed by atoms with Crippen LogP contribution in [0.25, 0.3) is 121 Å². The summed E-state index contributed by atoms with van der Waals surface area (Å²) >= 11 is 0. The molecule has 5 aromatic heterocycles. The lowest BCUT2D eigenvalue weighted by atomic mass is 9.82. The van der Waals surface area contributed by atoms with Crippen LogP contribution in [0.2, 0.25) is 0 Å². The van der Waals surface area contributed by atoms with E-state index in [1.165, 1.54) is 66.0 Å². The summed E-state index contributed by atoms with van der Waals surface area (Å²) in [5.74, 6) is 0.644. The van der Waals surface area contributed by atoms with E-state index in [1.807, 2.05) is 0 Å². The molecule has 0 amide bonds. The molecule has 5 heteroatoms. The quantitative estimate of drug-likeness (QED) is 0.181. The van der Waals surface area contributed by atoms with Crippen molar-refractivity contribution in [1.82, 2.24) is 18.9 Å². The fraction of sp³-hybridized carbons (Fsp3) is 0.0566. The van der Waals surface area contributed by atoms with Crippen molar-refractivity contribution in [2.24, 2.45) is 0 Å². The van der Waals surface area contributed by atoms with Gasteiger partial charge in [0, 0.05) is 43.3 Å². The number of furan rings is 1. The Morgan fingerprint density at radius 3 is 2.05 bits per heavy atom. The van der Waals surface area contributed by atoms with E-state index in [0.717, 1.165) is 60.6 Å².